The van der Waals surface area contributed by atoms with E-state index in [-0.39, 0.29) is 12.1 Å². The number of likely N-dealkylation sites (tertiary alicyclic amines) is 1. The van der Waals surface area contributed by atoms with Crippen LogP contribution in [0.4, 0.5) is 10.5 Å². The molecule has 1 aliphatic carbocycles. The van der Waals surface area contributed by atoms with Crippen molar-refractivity contribution in [3.8, 4) is 0 Å². The first kappa shape index (κ1) is 17.7. The number of ether oxygens (including phenoxy) is 1. The number of hydrogen-bond acceptors (Lipinski definition) is 4. The standard InChI is InChI=1S/C21H31N3O2/c1-3-26-20(25)23-16-8-11-24(13-16)17-6-9-21(10-7-17)14-22-19-5-4-15(2)12-18(19)21/h4-5,12,16-17,22H,3,6-11,13-14H2,1-2H3,(H,23,25)/t16-,17?,21?/m0/s1. The van der Waals surface area contributed by atoms with Crippen LogP contribution in [0.25, 0.3) is 0 Å². The van der Waals surface area contributed by atoms with Crippen molar-refractivity contribution in [3.63, 3.8) is 0 Å². The molecule has 1 saturated carbocycles. The summed E-state index contributed by atoms with van der Waals surface area (Å²) < 4.78 is 5.02. The summed E-state index contributed by atoms with van der Waals surface area (Å²) in [6.07, 6.45) is 5.78. The molecule has 2 heterocycles. The number of alkyl carbamates (subject to hydrolysis) is 1. The third-order valence-electron chi connectivity index (χ3n) is 6.61. The van der Waals surface area contributed by atoms with Crippen molar-refractivity contribution in [2.45, 2.75) is 63.5 Å². The molecule has 4 rings (SSSR count). The Morgan fingerprint density at radius 3 is 2.92 bits per heavy atom. The van der Waals surface area contributed by atoms with E-state index in [0.29, 0.717) is 18.1 Å². The van der Waals surface area contributed by atoms with E-state index in [1.807, 2.05) is 6.92 Å². The number of carbonyl (C=O) groups is 1. The highest BCUT2D eigenvalue weighted by Crippen LogP contribution is 2.47. The highest BCUT2D eigenvalue weighted by atomic mass is 16.5. The van der Waals surface area contributed by atoms with Gasteiger partial charge in [0.1, 0.15) is 0 Å². The molecule has 2 N–H and O–H groups in total. The molecule has 0 aromatic heterocycles. The molecule has 5 nitrogen and oxygen atoms in total. The van der Waals surface area contributed by atoms with Gasteiger partial charge in [0.15, 0.2) is 0 Å². The maximum Gasteiger partial charge on any atom is 0.407 e. The highest BCUT2D eigenvalue weighted by Gasteiger charge is 2.43. The lowest BCUT2D eigenvalue weighted by Gasteiger charge is -2.40. The molecule has 1 aromatic carbocycles. The van der Waals surface area contributed by atoms with Gasteiger partial charge in [-0.25, -0.2) is 4.79 Å². The number of anilines is 1. The molecule has 1 aromatic rings. The van der Waals surface area contributed by atoms with E-state index in [0.717, 1.165) is 26.1 Å². The van der Waals surface area contributed by atoms with E-state index in [1.54, 1.807) is 5.56 Å². The summed E-state index contributed by atoms with van der Waals surface area (Å²) >= 11 is 0. The van der Waals surface area contributed by atoms with E-state index >= 15 is 0 Å². The monoisotopic (exact) mass is 357 g/mol. The Morgan fingerprint density at radius 2 is 2.15 bits per heavy atom. The average molecular weight is 357 g/mol. The van der Waals surface area contributed by atoms with Gasteiger partial charge in [0.2, 0.25) is 0 Å². The molecule has 142 valence electrons. The van der Waals surface area contributed by atoms with Gasteiger partial charge < -0.3 is 15.4 Å². The molecule has 0 radical (unpaired) electrons. The number of hydrogen-bond donors (Lipinski definition) is 2. The SMILES string of the molecule is CCOC(=O)N[C@H]1CCN(C2CCC3(CC2)CNc2ccc(C)cc23)C1. The molecular weight excluding hydrogens is 326 g/mol. The zero-order chi connectivity index (χ0) is 18.1. The number of benzene rings is 1. The van der Waals surface area contributed by atoms with Crippen molar-refractivity contribution >= 4 is 11.8 Å². The topological polar surface area (TPSA) is 53.6 Å². The lowest BCUT2D eigenvalue weighted by atomic mass is 9.69. The number of carbonyl (C=O) groups excluding carboxylic acids is 1. The number of amides is 1. The highest BCUT2D eigenvalue weighted by molar-refractivity contribution is 5.67. The fourth-order valence-corrected chi connectivity index (χ4v) is 5.15. The summed E-state index contributed by atoms with van der Waals surface area (Å²) in [5.41, 5.74) is 4.58. The van der Waals surface area contributed by atoms with Crippen molar-refractivity contribution in [1.82, 2.24) is 10.2 Å². The zero-order valence-corrected chi connectivity index (χ0v) is 16.0. The second-order valence-electron chi connectivity index (χ2n) is 8.26. The Morgan fingerprint density at radius 1 is 1.35 bits per heavy atom. The first-order chi connectivity index (χ1) is 12.6. The number of rotatable bonds is 3. The average Bonchev–Trinajstić information content (AvgIpc) is 3.22. The van der Waals surface area contributed by atoms with Gasteiger partial charge in [0.25, 0.3) is 0 Å². The smallest absolute Gasteiger partial charge is 0.407 e. The molecule has 2 aliphatic heterocycles. The number of nitrogens with one attached hydrogen (secondary N) is 2. The largest absolute Gasteiger partial charge is 0.450 e. The van der Waals surface area contributed by atoms with Gasteiger partial charge in [-0.05, 0) is 57.6 Å². The van der Waals surface area contributed by atoms with E-state index in [2.05, 4.69) is 40.7 Å². The third kappa shape index (κ3) is 3.29. The van der Waals surface area contributed by atoms with Crippen LogP contribution in [0.15, 0.2) is 18.2 Å². The van der Waals surface area contributed by atoms with Crippen molar-refractivity contribution in [2.24, 2.45) is 0 Å². The molecule has 5 heteroatoms. The summed E-state index contributed by atoms with van der Waals surface area (Å²) in [7, 11) is 0. The van der Waals surface area contributed by atoms with Crippen LogP contribution in [0.1, 0.15) is 50.2 Å². The zero-order valence-electron chi connectivity index (χ0n) is 16.0. The summed E-state index contributed by atoms with van der Waals surface area (Å²) in [6.45, 7) is 7.61. The lowest BCUT2D eigenvalue weighted by Crippen LogP contribution is -2.44. The van der Waals surface area contributed by atoms with Crippen molar-refractivity contribution in [3.05, 3.63) is 29.3 Å². The fraction of sp³-hybridized carbons (Fsp3) is 0.667. The second kappa shape index (κ2) is 7.10. The van der Waals surface area contributed by atoms with E-state index < -0.39 is 0 Å². The summed E-state index contributed by atoms with van der Waals surface area (Å²) in [4.78, 5) is 14.2. The molecule has 2 fully saturated rings. The van der Waals surface area contributed by atoms with Gasteiger partial charge in [-0.2, -0.15) is 0 Å². The van der Waals surface area contributed by atoms with Crippen LogP contribution in [-0.4, -0.2) is 49.3 Å². The fourth-order valence-electron chi connectivity index (χ4n) is 5.15. The first-order valence-electron chi connectivity index (χ1n) is 10.1. The van der Waals surface area contributed by atoms with Crippen LogP contribution in [0.2, 0.25) is 0 Å². The maximum atomic E-state index is 11.6. The molecule has 1 spiro atoms. The van der Waals surface area contributed by atoms with Crippen LogP contribution in [0.5, 0.6) is 0 Å². The molecule has 26 heavy (non-hydrogen) atoms. The van der Waals surface area contributed by atoms with E-state index in [4.69, 9.17) is 4.74 Å². The minimum Gasteiger partial charge on any atom is -0.450 e. The number of fused-ring (bicyclic) bond motifs is 2. The van der Waals surface area contributed by atoms with Crippen LogP contribution in [0, 0.1) is 6.92 Å². The van der Waals surface area contributed by atoms with Gasteiger partial charge in [-0.1, -0.05) is 17.7 Å². The quantitative estimate of drug-likeness (QED) is 0.870. The first-order valence-corrected chi connectivity index (χ1v) is 10.1. The van der Waals surface area contributed by atoms with Gasteiger partial charge in [-0.15, -0.1) is 0 Å². The van der Waals surface area contributed by atoms with Gasteiger partial charge in [-0.3, -0.25) is 4.90 Å². The minimum atomic E-state index is -0.272. The number of nitrogens with zero attached hydrogens (tertiary/aromatic N) is 1. The molecular formula is C21H31N3O2. The Hall–Kier alpha value is -1.75. The molecule has 1 saturated heterocycles. The van der Waals surface area contributed by atoms with Gasteiger partial charge in [0, 0.05) is 42.8 Å². The molecule has 3 aliphatic rings. The summed E-state index contributed by atoms with van der Waals surface area (Å²) in [6, 6.07) is 7.74. The molecule has 1 atom stereocenters. The van der Waals surface area contributed by atoms with Crippen molar-refractivity contribution in [2.75, 3.05) is 31.6 Å². The predicted molar refractivity (Wildman–Crippen MR) is 104 cm³/mol. The Balaban J connectivity index is 1.34. The van der Waals surface area contributed by atoms with E-state index in [9.17, 15) is 4.79 Å². The Labute approximate surface area is 156 Å². The Bertz CT molecular complexity index is 667. The van der Waals surface area contributed by atoms with Crippen LogP contribution in [0.3, 0.4) is 0 Å². The summed E-state index contributed by atoms with van der Waals surface area (Å²) in [5, 5.41) is 6.64. The predicted octanol–water partition coefficient (Wildman–Crippen LogP) is 3.42. The van der Waals surface area contributed by atoms with Crippen LogP contribution in [-0.2, 0) is 10.2 Å². The van der Waals surface area contributed by atoms with Crippen molar-refractivity contribution < 1.29 is 9.53 Å². The maximum absolute atomic E-state index is 11.6. The molecule has 0 unspecified atom stereocenters. The van der Waals surface area contributed by atoms with Crippen molar-refractivity contribution in [1.29, 1.82) is 0 Å². The molecule has 1 amide bonds. The van der Waals surface area contributed by atoms with E-state index in [1.165, 1.54) is 36.9 Å². The molecule has 0 bridgehead atoms. The summed E-state index contributed by atoms with van der Waals surface area (Å²) in [5.74, 6) is 0. The third-order valence-corrected chi connectivity index (χ3v) is 6.61. The second-order valence-corrected chi connectivity index (χ2v) is 8.26. The normalized spacial score (nSPS) is 30.8. The minimum absolute atomic E-state index is 0.237. The van der Waals surface area contributed by atoms with Gasteiger partial charge >= 0.3 is 6.09 Å². The number of aryl methyl sites for hydroxylation is 1. The lowest BCUT2D eigenvalue weighted by molar-refractivity contribution is 0.140. The van der Waals surface area contributed by atoms with Gasteiger partial charge in [0.05, 0.1) is 6.61 Å². The van der Waals surface area contributed by atoms with Crippen LogP contribution < -0.4 is 10.6 Å². The Kier molecular flexibility index (Phi) is 4.82. The van der Waals surface area contributed by atoms with Crippen LogP contribution >= 0.6 is 0 Å².